The van der Waals surface area contributed by atoms with Crippen LogP contribution in [0.3, 0.4) is 0 Å². The monoisotopic (exact) mass is 471 g/mol. The predicted octanol–water partition coefficient (Wildman–Crippen LogP) is 4.76. The van der Waals surface area contributed by atoms with E-state index in [9.17, 15) is 9.59 Å². The highest BCUT2D eigenvalue weighted by atomic mass is 16.5. The SMILES string of the molecule is COCCOC[C@H](CC1(C(=O)NC2CCCCC2)CCCC1)C(=O)Oc1ccc2c(c1)CCC2. The average Bonchev–Trinajstić information content (AvgIpc) is 3.51. The van der Waals surface area contributed by atoms with E-state index in [2.05, 4.69) is 11.4 Å². The number of benzene rings is 1. The second-order valence-corrected chi connectivity index (χ2v) is 10.5. The van der Waals surface area contributed by atoms with Crippen molar-refractivity contribution in [3.63, 3.8) is 0 Å². The second kappa shape index (κ2) is 12.2. The molecule has 188 valence electrons. The van der Waals surface area contributed by atoms with Crippen LogP contribution in [0.15, 0.2) is 18.2 Å². The summed E-state index contributed by atoms with van der Waals surface area (Å²) in [5.41, 5.74) is 2.12. The number of carbonyl (C=O) groups is 2. The molecule has 1 amide bonds. The molecule has 1 aromatic carbocycles. The van der Waals surface area contributed by atoms with Gasteiger partial charge in [0.05, 0.1) is 31.2 Å². The number of carbonyl (C=O) groups excluding carboxylic acids is 2. The van der Waals surface area contributed by atoms with Gasteiger partial charge in [-0.1, -0.05) is 38.2 Å². The summed E-state index contributed by atoms with van der Waals surface area (Å²) in [6.07, 6.45) is 13.2. The molecule has 34 heavy (non-hydrogen) atoms. The lowest BCUT2D eigenvalue weighted by atomic mass is 9.76. The first-order chi connectivity index (χ1) is 16.6. The van der Waals surface area contributed by atoms with Gasteiger partial charge in [0.25, 0.3) is 0 Å². The molecule has 0 radical (unpaired) electrons. The maximum Gasteiger partial charge on any atom is 0.316 e. The van der Waals surface area contributed by atoms with E-state index in [4.69, 9.17) is 14.2 Å². The Hall–Kier alpha value is -1.92. The third-order valence-electron chi connectivity index (χ3n) is 7.99. The van der Waals surface area contributed by atoms with Gasteiger partial charge in [0.1, 0.15) is 5.75 Å². The Kier molecular flexibility index (Phi) is 9.01. The third-order valence-corrected chi connectivity index (χ3v) is 7.99. The van der Waals surface area contributed by atoms with E-state index in [0.29, 0.717) is 25.4 Å². The topological polar surface area (TPSA) is 73.9 Å². The zero-order valence-electron chi connectivity index (χ0n) is 20.7. The van der Waals surface area contributed by atoms with Crippen LogP contribution in [0.1, 0.15) is 81.8 Å². The fraction of sp³-hybridized carbons (Fsp3) is 0.714. The van der Waals surface area contributed by atoms with E-state index in [1.54, 1.807) is 7.11 Å². The van der Waals surface area contributed by atoms with Gasteiger partial charge in [0.2, 0.25) is 5.91 Å². The fourth-order valence-electron chi connectivity index (χ4n) is 6.02. The van der Waals surface area contributed by atoms with Crippen molar-refractivity contribution in [2.24, 2.45) is 11.3 Å². The van der Waals surface area contributed by atoms with Crippen molar-refractivity contribution in [2.45, 2.75) is 89.5 Å². The molecule has 0 spiro atoms. The Morgan fingerprint density at radius 3 is 2.53 bits per heavy atom. The minimum absolute atomic E-state index is 0.129. The normalized spacial score (nSPS) is 20.6. The molecule has 2 saturated carbocycles. The Balaban J connectivity index is 1.45. The van der Waals surface area contributed by atoms with Gasteiger partial charge in [-0.15, -0.1) is 0 Å². The molecule has 3 aliphatic rings. The largest absolute Gasteiger partial charge is 0.426 e. The van der Waals surface area contributed by atoms with E-state index in [1.165, 1.54) is 30.4 Å². The molecule has 0 aromatic heterocycles. The van der Waals surface area contributed by atoms with Crippen molar-refractivity contribution >= 4 is 11.9 Å². The minimum Gasteiger partial charge on any atom is -0.426 e. The first kappa shape index (κ1) is 25.2. The van der Waals surface area contributed by atoms with Crippen LogP contribution < -0.4 is 10.1 Å². The molecule has 1 aromatic rings. The Bertz CT molecular complexity index is 826. The zero-order valence-corrected chi connectivity index (χ0v) is 20.7. The summed E-state index contributed by atoms with van der Waals surface area (Å²) in [6, 6.07) is 6.25. The van der Waals surface area contributed by atoms with E-state index in [1.807, 2.05) is 12.1 Å². The molecular formula is C28H41NO5. The Morgan fingerprint density at radius 1 is 1.00 bits per heavy atom. The van der Waals surface area contributed by atoms with Crippen LogP contribution >= 0.6 is 0 Å². The van der Waals surface area contributed by atoms with Crippen molar-refractivity contribution in [1.29, 1.82) is 0 Å². The molecule has 0 aliphatic heterocycles. The van der Waals surface area contributed by atoms with Crippen LogP contribution in [-0.4, -0.2) is 44.8 Å². The highest BCUT2D eigenvalue weighted by Gasteiger charge is 2.45. The zero-order chi connectivity index (χ0) is 23.8. The number of rotatable bonds is 11. The summed E-state index contributed by atoms with van der Waals surface area (Å²) in [5, 5.41) is 3.35. The van der Waals surface area contributed by atoms with Crippen LogP contribution in [0.4, 0.5) is 0 Å². The summed E-state index contributed by atoms with van der Waals surface area (Å²) < 4.78 is 16.8. The number of aryl methyl sites for hydroxylation is 2. The van der Waals surface area contributed by atoms with Gasteiger partial charge in [-0.3, -0.25) is 9.59 Å². The number of hydrogen-bond acceptors (Lipinski definition) is 5. The number of esters is 1. The highest BCUT2D eigenvalue weighted by molar-refractivity contribution is 5.84. The van der Waals surface area contributed by atoms with Gasteiger partial charge < -0.3 is 19.5 Å². The average molecular weight is 472 g/mol. The molecule has 6 nitrogen and oxygen atoms in total. The van der Waals surface area contributed by atoms with Crippen LogP contribution in [0.25, 0.3) is 0 Å². The van der Waals surface area contributed by atoms with E-state index in [-0.39, 0.29) is 24.5 Å². The van der Waals surface area contributed by atoms with Crippen molar-refractivity contribution in [1.82, 2.24) is 5.32 Å². The summed E-state index contributed by atoms with van der Waals surface area (Å²) in [7, 11) is 1.63. The molecule has 6 heteroatoms. The molecule has 0 unspecified atom stereocenters. The predicted molar refractivity (Wildman–Crippen MR) is 131 cm³/mol. The summed E-state index contributed by atoms with van der Waals surface area (Å²) in [5.74, 6) is -0.0591. The van der Waals surface area contributed by atoms with Crippen LogP contribution in [0.5, 0.6) is 5.75 Å². The first-order valence-corrected chi connectivity index (χ1v) is 13.3. The van der Waals surface area contributed by atoms with E-state index in [0.717, 1.165) is 57.8 Å². The number of ether oxygens (including phenoxy) is 3. The number of methoxy groups -OCH3 is 1. The first-order valence-electron chi connectivity index (χ1n) is 13.3. The molecule has 0 heterocycles. The molecule has 2 fully saturated rings. The molecule has 4 rings (SSSR count). The summed E-state index contributed by atoms with van der Waals surface area (Å²) in [6.45, 7) is 1.13. The Labute approximate surface area is 204 Å². The number of amides is 1. The van der Waals surface area contributed by atoms with Crippen molar-refractivity contribution in [3.8, 4) is 5.75 Å². The van der Waals surface area contributed by atoms with Crippen LogP contribution in [-0.2, 0) is 31.9 Å². The van der Waals surface area contributed by atoms with Gasteiger partial charge in [-0.2, -0.15) is 0 Å². The lowest BCUT2D eigenvalue weighted by Crippen LogP contribution is -2.47. The standard InChI is InChI=1S/C28H41NO5/c1-32-16-17-33-20-23(26(30)34-25-13-12-21-8-7-9-22(21)18-25)19-28(14-5-6-15-28)27(31)29-24-10-3-2-4-11-24/h12-13,18,23-24H,2-11,14-17,19-20H2,1H3,(H,29,31)/t23-/m0/s1. The van der Waals surface area contributed by atoms with Gasteiger partial charge >= 0.3 is 5.97 Å². The lowest BCUT2D eigenvalue weighted by Gasteiger charge is -2.34. The molecule has 0 bridgehead atoms. The van der Waals surface area contributed by atoms with E-state index < -0.39 is 11.3 Å². The van der Waals surface area contributed by atoms with Gasteiger partial charge in [0, 0.05) is 13.2 Å². The van der Waals surface area contributed by atoms with Crippen molar-refractivity contribution in [2.75, 3.05) is 26.9 Å². The Morgan fingerprint density at radius 2 is 1.76 bits per heavy atom. The second-order valence-electron chi connectivity index (χ2n) is 10.5. The number of nitrogens with one attached hydrogen (secondary N) is 1. The minimum atomic E-state index is -0.510. The van der Waals surface area contributed by atoms with Gasteiger partial charge in [-0.25, -0.2) is 0 Å². The fourth-order valence-corrected chi connectivity index (χ4v) is 6.02. The molecule has 0 saturated heterocycles. The maximum atomic E-state index is 13.5. The quantitative estimate of drug-likeness (QED) is 0.286. The molecule has 1 N–H and O–H groups in total. The highest BCUT2D eigenvalue weighted by Crippen LogP contribution is 2.44. The summed E-state index contributed by atoms with van der Waals surface area (Å²) >= 11 is 0. The molecular weight excluding hydrogens is 430 g/mol. The van der Waals surface area contributed by atoms with Crippen molar-refractivity contribution in [3.05, 3.63) is 29.3 Å². The smallest absolute Gasteiger partial charge is 0.316 e. The van der Waals surface area contributed by atoms with Crippen molar-refractivity contribution < 1.29 is 23.8 Å². The molecule has 1 atom stereocenters. The number of hydrogen-bond donors (Lipinski definition) is 1. The van der Waals surface area contributed by atoms with E-state index >= 15 is 0 Å². The number of fused-ring (bicyclic) bond motifs is 1. The maximum absolute atomic E-state index is 13.5. The van der Waals surface area contributed by atoms with Gasteiger partial charge in [0.15, 0.2) is 0 Å². The lowest BCUT2D eigenvalue weighted by molar-refractivity contribution is -0.144. The molecule has 3 aliphatic carbocycles. The third kappa shape index (κ3) is 6.39. The van der Waals surface area contributed by atoms with Crippen LogP contribution in [0, 0.1) is 11.3 Å². The van der Waals surface area contributed by atoms with Crippen LogP contribution in [0.2, 0.25) is 0 Å². The summed E-state index contributed by atoms with van der Waals surface area (Å²) in [4.78, 5) is 26.9. The van der Waals surface area contributed by atoms with Gasteiger partial charge in [-0.05, 0) is 74.6 Å².